The first-order valence-corrected chi connectivity index (χ1v) is 7.69. The fourth-order valence-electron chi connectivity index (χ4n) is 2.79. The molecule has 23 heavy (non-hydrogen) atoms. The van der Waals surface area contributed by atoms with Crippen molar-refractivity contribution in [1.29, 1.82) is 0 Å². The Morgan fingerprint density at radius 2 is 2.00 bits per heavy atom. The highest BCUT2D eigenvalue weighted by atomic mass is 16.5. The molecule has 1 aliphatic heterocycles. The van der Waals surface area contributed by atoms with E-state index in [9.17, 15) is 9.59 Å². The van der Waals surface area contributed by atoms with Crippen molar-refractivity contribution in [3.05, 3.63) is 28.8 Å². The molecule has 126 valence electrons. The predicted molar refractivity (Wildman–Crippen MR) is 85.0 cm³/mol. The number of aliphatic carboxylic acids is 1. The number of carbonyl (C=O) groups excluding carboxylic acids is 1. The molecule has 1 amide bonds. The van der Waals surface area contributed by atoms with Gasteiger partial charge in [-0.25, -0.2) is 4.79 Å². The molecule has 1 saturated heterocycles. The van der Waals surface area contributed by atoms with E-state index >= 15 is 0 Å². The summed E-state index contributed by atoms with van der Waals surface area (Å²) in [7, 11) is 0. The summed E-state index contributed by atoms with van der Waals surface area (Å²) in [4.78, 5) is 22.9. The number of rotatable bonds is 6. The van der Waals surface area contributed by atoms with Crippen LogP contribution in [-0.4, -0.2) is 42.3 Å². The van der Waals surface area contributed by atoms with Gasteiger partial charge in [0.1, 0.15) is 5.75 Å². The molecule has 1 unspecified atom stereocenters. The average molecular weight is 321 g/mol. The number of benzene rings is 1. The first kappa shape index (κ1) is 17.3. The molecule has 1 heterocycles. The second-order valence-electron chi connectivity index (χ2n) is 6.21. The zero-order chi connectivity index (χ0) is 17.0. The van der Waals surface area contributed by atoms with Crippen LogP contribution in [0, 0.1) is 13.8 Å². The van der Waals surface area contributed by atoms with Gasteiger partial charge in [0.2, 0.25) is 0 Å². The number of amides is 1. The minimum Gasteiger partial charge on any atom is -0.481 e. The van der Waals surface area contributed by atoms with E-state index in [1.165, 1.54) is 0 Å². The van der Waals surface area contributed by atoms with Crippen molar-refractivity contribution < 1.29 is 24.2 Å². The zero-order valence-electron chi connectivity index (χ0n) is 13.8. The van der Waals surface area contributed by atoms with Gasteiger partial charge in [-0.3, -0.25) is 4.79 Å². The van der Waals surface area contributed by atoms with Gasteiger partial charge in [-0.15, -0.1) is 0 Å². The summed E-state index contributed by atoms with van der Waals surface area (Å²) in [6.45, 7) is 6.40. The monoisotopic (exact) mass is 321 g/mol. The summed E-state index contributed by atoms with van der Waals surface area (Å²) >= 11 is 0. The van der Waals surface area contributed by atoms with E-state index in [-0.39, 0.29) is 11.5 Å². The summed E-state index contributed by atoms with van der Waals surface area (Å²) in [5.74, 6) is -0.692. The van der Waals surface area contributed by atoms with E-state index in [0.717, 1.165) is 30.6 Å². The molecule has 1 fully saturated rings. The lowest BCUT2D eigenvalue weighted by Crippen LogP contribution is -2.40. The number of carboxylic acids is 1. The van der Waals surface area contributed by atoms with Crippen LogP contribution in [0.15, 0.2) is 12.1 Å². The Balaban J connectivity index is 2.04. The number of carboxylic acid groups (broad SMARTS) is 1. The standard InChI is InChI=1S/C17H23NO5/c1-11-7-13(8-12(2)15(11)22-9-14(19)20)16(21)18-10-17(3)5-4-6-23-17/h7-8H,4-6,9-10H2,1-3H3,(H,18,21)(H,19,20). The van der Waals surface area contributed by atoms with Crippen LogP contribution in [0.1, 0.15) is 41.3 Å². The fraction of sp³-hybridized carbons (Fsp3) is 0.529. The zero-order valence-corrected chi connectivity index (χ0v) is 13.8. The van der Waals surface area contributed by atoms with Crippen LogP contribution in [0.25, 0.3) is 0 Å². The summed E-state index contributed by atoms with van der Waals surface area (Å²) < 4.78 is 10.9. The molecule has 1 aromatic carbocycles. The molecule has 0 bridgehead atoms. The number of nitrogens with one attached hydrogen (secondary N) is 1. The van der Waals surface area contributed by atoms with E-state index in [1.54, 1.807) is 26.0 Å². The van der Waals surface area contributed by atoms with Gasteiger partial charge in [-0.1, -0.05) is 0 Å². The summed E-state index contributed by atoms with van der Waals surface area (Å²) in [6, 6.07) is 3.41. The van der Waals surface area contributed by atoms with Crippen molar-refractivity contribution >= 4 is 11.9 Å². The fourth-order valence-corrected chi connectivity index (χ4v) is 2.79. The molecule has 6 nitrogen and oxygen atoms in total. The molecule has 0 aromatic heterocycles. The quantitative estimate of drug-likeness (QED) is 0.838. The molecule has 0 radical (unpaired) electrons. The Morgan fingerprint density at radius 1 is 1.35 bits per heavy atom. The highest BCUT2D eigenvalue weighted by molar-refractivity contribution is 5.95. The molecule has 0 aliphatic carbocycles. The van der Waals surface area contributed by atoms with Crippen LogP contribution >= 0.6 is 0 Å². The van der Waals surface area contributed by atoms with E-state index in [1.807, 2.05) is 6.92 Å². The summed E-state index contributed by atoms with van der Waals surface area (Å²) in [5, 5.41) is 11.6. The second-order valence-corrected chi connectivity index (χ2v) is 6.21. The minimum atomic E-state index is -1.03. The smallest absolute Gasteiger partial charge is 0.341 e. The molecule has 0 saturated carbocycles. The lowest BCUT2D eigenvalue weighted by Gasteiger charge is -2.23. The SMILES string of the molecule is Cc1cc(C(=O)NCC2(C)CCCO2)cc(C)c1OCC(=O)O. The molecule has 0 spiro atoms. The van der Waals surface area contributed by atoms with Crippen molar-refractivity contribution in [3.8, 4) is 5.75 Å². The van der Waals surface area contributed by atoms with Crippen LogP contribution in [0.2, 0.25) is 0 Å². The maximum absolute atomic E-state index is 12.3. The molecular formula is C17H23NO5. The summed E-state index contributed by atoms with van der Waals surface area (Å²) in [6.07, 6.45) is 1.95. The highest BCUT2D eigenvalue weighted by Crippen LogP contribution is 2.26. The maximum atomic E-state index is 12.3. The molecule has 1 aliphatic rings. The topological polar surface area (TPSA) is 84.9 Å². The van der Waals surface area contributed by atoms with Crippen molar-refractivity contribution in [2.45, 2.75) is 39.2 Å². The van der Waals surface area contributed by atoms with Gasteiger partial charge in [0, 0.05) is 18.7 Å². The first-order valence-electron chi connectivity index (χ1n) is 7.69. The van der Waals surface area contributed by atoms with Crippen molar-refractivity contribution in [3.63, 3.8) is 0 Å². The van der Waals surface area contributed by atoms with Gasteiger partial charge < -0.3 is 19.9 Å². The van der Waals surface area contributed by atoms with Crippen LogP contribution in [0.4, 0.5) is 0 Å². The Bertz CT molecular complexity index is 582. The first-order chi connectivity index (χ1) is 10.8. The van der Waals surface area contributed by atoms with Gasteiger partial charge in [-0.05, 0) is 56.9 Å². The second kappa shape index (κ2) is 7.00. The normalized spacial score (nSPS) is 20.3. The third-order valence-corrected chi connectivity index (χ3v) is 3.99. The van der Waals surface area contributed by atoms with Crippen LogP contribution in [0.3, 0.4) is 0 Å². The number of hydrogen-bond acceptors (Lipinski definition) is 4. The van der Waals surface area contributed by atoms with Gasteiger partial charge in [0.05, 0.1) is 5.60 Å². The van der Waals surface area contributed by atoms with Crippen molar-refractivity contribution in [2.24, 2.45) is 0 Å². The molecule has 6 heteroatoms. The molecule has 2 N–H and O–H groups in total. The largest absolute Gasteiger partial charge is 0.481 e. The lowest BCUT2D eigenvalue weighted by atomic mass is 10.0. The number of aryl methyl sites for hydroxylation is 2. The number of hydrogen-bond donors (Lipinski definition) is 2. The maximum Gasteiger partial charge on any atom is 0.341 e. The molecule has 2 rings (SSSR count). The van der Waals surface area contributed by atoms with E-state index in [2.05, 4.69) is 5.32 Å². The number of carbonyl (C=O) groups is 2. The van der Waals surface area contributed by atoms with Gasteiger partial charge >= 0.3 is 5.97 Å². The molecule has 1 aromatic rings. The van der Waals surface area contributed by atoms with E-state index in [0.29, 0.717) is 17.9 Å². The lowest BCUT2D eigenvalue weighted by molar-refractivity contribution is -0.139. The van der Waals surface area contributed by atoms with Crippen molar-refractivity contribution in [2.75, 3.05) is 19.8 Å². The van der Waals surface area contributed by atoms with Crippen LogP contribution in [0.5, 0.6) is 5.75 Å². The third kappa shape index (κ3) is 4.45. The Kier molecular flexibility index (Phi) is 5.26. The Labute approximate surface area is 135 Å². The minimum absolute atomic E-state index is 0.169. The average Bonchev–Trinajstić information content (AvgIpc) is 2.90. The Hall–Kier alpha value is -2.08. The van der Waals surface area contributed by atoms with Gasteiger partial charge in [-0.2, -0.15) is 0 Å². The Morgan fingerprint density at radius 3 is 2.52 bits per heavy atom. The third-order valence-electron chi connectivity index (χ3n) is 3.99. The number of ether oxygens (including phenoxy) is 2. The van der Waals surface area contributed by atoms with Crippen LogP contribution in [-0.2, 0) is 9.53 Å². The van der Waals surface area contributed by atoms with Crippen LogP contribution < -0.4 is 10.1 Å². The molecule has 1 atom stereocenters. The van der Waals surface area contributed by atoms with Crippen molar-refractivity contribution in [1.82, 2.24) is 5.32 Å². The van der Waals surface area contributed by atoms with Gasteiger partial charge in [0.25, 0.3) is 5.91 Å². The van der Waals surface area contributed by atoms with Gasteiger partial charge in [0.15, 0.2) is 6.61 Å². The summed E-state index contributed by atoms with van der Waals surface area (Å²) in [5.41, 5.74) is 1.72. The van der Waals surface area contributed by atoms with E-state index < -0.39 is 12.6 Å². The molecular weight excluding hydrogens is 298 g/mol. The van der Waals surface area contributed by atoms with E-state index in [4.69, 9.17) is 14.6 Å². The highest BCUT2D eigenvalue weighted by Gasteiger charge is 2.30. The predicted octanol–water partition coefficient (Wildman–Crippen LogP) is 2.07.